The molecule has 2 rings (SSSR count). The van der Waals surface area contributed by atoms with Crippen molar-refractivity contribution in [2.75, 3.05) is 5.73 Å². The molecule has 2 aromatic rings. The molecule has 0 amide bonds. The zero-order valence-corrected chi connectivity index (χ0v) is 6.03. The van der Waals surface area contributed by atoms with Crippen LogP contribution in [0.1, 0.15) is 5.56 Å². The summed E-state index contributed by atoms with van der Waals surface area (Å²) >= 11 is 0. The predicted molar refractivity (Wildman–Crippen MR) is 41.0 cm³/mol. The Bertz CT molecular complexity index is 393. The van der Waals surface area contributed by atoms with E-state index in [0.717, 1.165) is 16.7 Å². The standard InChI is InChI=1S/C7H7N3O/c1-4-6-5(10-3-11-6)2-9-7(4)8/h2-3H,1H3,(H2,8,9). The maximum absolute atomic E-state index is 5.55. The Morgan fingerprint density at radius 1 is 1.45 bits per heavy atom. The quantitative estimate of drug-likeness (QED) is 0.609. The van der Waals surface area contributed by atoms with Gasteiger partial charge in [0.1, 0.15) is 11.3 Å². The number of anilines is 1. The molecular weight excluding hydrogens is 142 g/mol. The molecule has 0 fully saturated rings. The van der Waals surface area contributed by atoms with Crippen molar-refractivity contribution in [3.05, 3.63) is 18.2 Å². The van der Waals surface area contributed by atoms with E-state index in [4.69, 9.17) is 10.2 Å². The van der Waals surface area contributed by atoms with Gasteiger partial charge in [0.15, 0.2) is 12.0 Å². The smallest absolute Gasteiger partial charge is 0.182 e. The molecule has 0 saturated heterocycles. The minimum atomic E-state index is 0.495. The summed E-state index contributed by atoms with van der Waals surface area (Å²) in [4.78, 5) is 7.87. The van der Waals surface area contributed by atoms with Crippen molar-refractivity contribution >= 4 is 16.9 Å². The van der Waals surface area contributed by atoms with Gasteiger partial charge in [0.05, 0.1) is 6.20 Å². The topological polar surface area (TPSA) is 64.9 Å². The van der Waals surface area contributed by atoms with Crippen LogP contribution in [0.15, 0.2) is 17.0 Å². The Hall–Kier alpha value is -1.58. The maximum atomic E-state index is 5.55. The average Bonchev–Trinajstić information content (AvgIpc) is 2.45. The maximum Gasteiger partial charge on any atom is 0.182 e. The molecule has 11 heavy (non-hydrogen) atoms. The van der Waals surface area contributed by atoms with E-state index in [9.17, 15) is 0 Å². The lowest BCUT2D eigenvalue weighted by molar-refractivity contribution is 0.600. The second-order valence-electron chi connectivity index (χ2n) is 2.34. The highest BCUT2D eigenvalue weighted by molar-refractivity contribution is 5.78. The molecule has 2 heterocycles. The molecule has 0 aromatic carbocycles. The summed E-state index contributed by atoms with van der Waals surface area (Å²) in [6.07, 6.45) is 2.99. The summed E-state index contributed by atoms with van der Waals surface area (Å²) in [5.74, 6) is 0.495. The molecule has 2 N–H and O–H groups in total. The van der Waals surface area contributed by atoms with Crippen molar-refractivity contribution in [1.82, 2.24) is 9.97 Å². The van der Waals surface area contributed by atoms with Gasteiger partial charge in [0.2, 0.25) is 0 Å². The number of pyridine rings is 1. The molecule has 0 saturated carbocycles. The van der Waals surface area contributed by atoms with Crippen molar-refractivity contribution in [3.8, 4) is 0 Å². The zero-order chi connectivity index (χ0) is 7.84. The van der Waals surface area contributed by atoms with Crippen molar-refractivity contribution in [2.45, 2.75) is 6.92 Å². The first-order valence-corrected chi connectivity index (χ1v) is 3.23. The number of nitrogens with two attached hydrogens (primary N) is 1. The van der Waals surface area contributed by atoms with Crippen LogP contribution in [-0.2, 0) is 0 Å². The first-order valence-electron chi connectivity index (χ1n) is 3.23. The van der Waals surface area contributed by atoms with Gasteiger partial charge in [-0.2, -0.15) is 0 Å². The third-order valence-electron chi connectivity index (χ3n) is 1.65. The van der Waals surface area contributed by atoms with Crippen LogP contribution in [0.5, 0.6) is 0 Å². The summed E-state index contributed by atoms with van der Waals surface area (Å²) in [6.45, 7) is 1.86. The van der Waals surface area contributed by atoms with Gasteiger partial charge in [-0.25, -0.2) is 9.97 Å². The van der Waals surface area contributed by atoms with E-state index in [0.29, 0.717) is 5.82 Å². The second-order valence-corrected chi connectivity index (χ2v) is 2.34. The zero-order valence-electron chi connectivity index (χ0n) is 6.03. The van der Waals surface area contributed by atoms with Crippen molar-refractivity contribution < 1.29 is 4.42 Å². The van der Waals surface area contributed by atoms with Crippen molar-refractivity contribution in [2.24, 2.45) is 0 Å². The summed E-state index contributed by atoms with van der Waals surface area (Å²) in [6, 6.07) is 0. The monoisotopic (exact) mass is 149 g/mol. The minimum Gasteiger partial charge on any atom is -0.443 e. The Morgan fingerprint density at radius 2 is 2.27 bits per heavy atom. The summed E-state index contributed by atoms with van der Waals surface area (Å²) in [5.41, 5.74) is 7.86. The van der Waals surface area contributed by atoms with Crippen LogP contribution in [0.2, 0.25) is 0 Å². The lowest BCUT2D eigenvalue weighted by Gasteiger charge is -1.95. The van der Waals surface area contributed by atoms with Crippen LogP contribution in [-0.4, -0.2) is 9.97 Å². The van der Waals surface area contributed by atoms with Gasteiger partial charge in [-0.05, 0) is 6.92 Å². The molecule has 0 aliphatic heterocycles. The number of nitrogens with zero attached hydrogens (tertiary/aromatic N) is 2. The molecule has 0 spiro atoms. The van der Waals surface area contributed by atoms with Gasteiger partial charge in [-0.1, -0.05) is 0 Å². The molecule has 2 aromatic heterocycles. The fraction of sp³-hybridized carbons (Fsp3) is 0.143. The summed E-state index contributed by atoms with van der Waals surface area (Å²) in [5, 5.41) is 0. The van der Waals surface area contributed by atoms with Crippen LogP contribution in [0.3, 0.4) is 0 Å². The lowest BCUT2D eigenvalue weighted by atomic mass is 10.2. The number of aryl methyl sites for hydroxylation is 1. The second kappa shape index (κ2) is 1.95. The Labute approximate surface area is 63.1 Å². The van der Waals surface area contributed by atoms with E-state index in [-0.39, 0.29) is 0 Å². The van der Waals surface area contributed by atoms with E-state index in [1.54, 1.807) is 6.20 Å². The number of oxazole rings is 1. The van der Waals surface area contributed by atoms with E-state index < -0.39 is 0 Å². The Kier molecular flexibility index (Phi) is 1.09. The van der Waals surface area contributed by atoms with E-state index in [1.165, 1.54) is 6.39 Å². The third kappa shape index (κ3) is 0.756. The van der Waals surface area contributed by atoms with Crippen LogP contribution in [0, 0.1) is 6.92 Å². The van der Waals surface area contributed by atoms with Crippen LogP contribution in [0.25, 0.3) is 11.1 Å². The molecule has 0 aliphatic rings. The van der Waals surface area contributed by atoms with Gasteiger partial charge in [0.25, 0.3) is 0 Å². The average molecular weight is 149 g/mol. The normalized spacial score (nSPS) is 10.6. The van der Waals surface area contributed by atoms with Crippen LogP contribution >= 0.6 is 0 Å². The number of hydrogen-bond acceptors (Lipinski definition) is 4. The third-order valence-corrected chi connectivity index (χ3v) is 1.65. The van der Waals surface area contributed by atoms with Gasteiger partial charge >= 0.3 is 0 Å². The number of nitrogen functional groups attached to an aromatic ring is 1. The fourth-order valence-electron chi connectivity index (χ4n) is 0.971. The highest BCUT2D eigenvalue weighted by atomic mass is 16.3. The largest absolute Gasteiger partial charge is 0.443 e. The molecule has 0 radical (unpaired) electrons. The highest BCUT2D eigenvalue weighted by Crippen LogP contribution is 2.19. The first-order chi connectivity index (χ1) is 5.29. The minimum absolute atomic E-state index is 0.495. The summed E-state index contributed by atoms with van der Waals surface area (Å²) in [7, 11) is 0. The van der Waals surface area contributed by atoms with Gasteiger partial charge < -0.3 is 10.2 Å². The van der Waals surface area contributed by atoms with Crippen molar-refractivity contribution in [1.29, 1.82) is 0 Å². The van der Waals surface area contributed by atoms with Crippen molar-refractivity contribution in [3.63, 3.8) is 0 Å². The molecule has 0 bridgehead atoms. The Morgan fingerprint density at radius 3 is 3.09 bits per heavy atom. The molecule has 0 unspecified atom stereocenters. The summed E-state index contributed by atoms with van der Waals surface area (Å²) < 4.78 is 5.10. The molecule has 4 heteroatoms. The lowest BCUT2D eigenvalue weighted by Crippen LogP contribution is -1.92. The van der Waals surface area contributed by atoms with E-state index in [2.05, 4.69) is 9.97 Å². The highest BCUT2D eigenvalue weighted by Gasteiger charge is 2.04. The SMILES string of the molecule is Cc1c(N)ncc2ncoc12. The molecule has 4 nitrogen and oxygen atoms in total. The van der Waals surface area contributed by atoms with Gasteiger partial charge in [-0.3, -0.25) is 0 Å². The first kappa shape index (κ1) is 6.15. The van der Waals surface area contributed by atoms with Crippen LogP contribution in [0.4, 0.5) is 5.82 Å². The van der Waals surface area contributed by atoms with E-state index in [1.807, 2.05) is 6.92 Å². The predicted octanol–water partition coefficient (Wildman–Crippen LogP) is 1.11. The molecule has 0 aliphatic carbocycles. The fourth-order valence-corrected chi connectivity index (χ4v) is 0.971. The van der Waals surface area contributed by atoms with Crippen LogP contribution < -0.4 is 5.73 Å². The number of fused-ring (bicyclic) bond motifs is 1. The molecule has 56 valence electrons. The Balaban J connectivity index is 2.93. The molecular formula is C7H7N3O. The number of rotatable bonds is 0. The van der Waals surface area contributed by atoms with Gasteiger partial charge in [0, 0.05) is 5.56 Å². The number of aromatic nitrogens is 2. The molecule has 0 atom stereocenters. The van der Waals surface area contributed by atoms with Gasteiger partial charge in [-0.15, -0.1) is 0 Å². The van der Waals surface area contributed by atoms with E-state index >= 15 is 0 Å². The number of hydrogen-bond donors (Lipinski definition) is 1.